The van der Waals surface area contributed by atoms with Crippen LogP contribution in [0.2, 0.25) is 0 Å². The molecule has 2 fully saturated rings. The minimum Gasteiger partial charge on any atom is -0.480 e. The molecule has 2 aliphatic heterocycles. The summed E-state index contributed by atoms with van der Waals surface area (Å²) >= 11 is 0. The van der Waals surface area contributed by atoms with Gasteiger partial charge in [0.15, 0.2) is 0 Å². The van der Waals surface area contributed by atoms with Crippen molar-refractivity contribution >= 4 is 27.6 Å². The van der Waals surface area contributed by atoms with Gasteiger partial charge in [-0.2, -0.15) is 4.31 Å². The highest BCUT2D eigenvalue weighted by Crippen LogP contribution is 2.26. The van der Waals surface area contributed by atoms with Crippen LogP contribution in [0.5, 0.6) is 0 Å². The Morgan fingerprint density at radius 2 is 1.72 bits per heavy atom. The number of benzene rings is 1. The number of sulfonamides is 1. The molecule has 3 heterocycles. The molecule has 10 heteroatoms. The fourth-order valence-electron chi connectivity index (χ4n) is 4.34. The lowest BCUT2D eigenvalue weighted by Crippen LogP contribution is -2.61. The van der Waals surface area contributed by atoms with Gasteiger partial charge in [0.2, 0.25) is 15.9 Å². The molecule has 2 saturated heterocycles. The number of rotatable bonds is 6. The second-order valence-corrected chi connectivity index (χ2v) is 10.1. The van der Waals surface area contributed by atoms with E-state index >= 15 is 0 Å². The average Bonchev–Trinajstić information content (AvgIpc) is 2.81. The van der Waals surface area contributed by atoms with Crippen LogP contribution >= 0.6 is 0 Å². The number of carbonyl (C=O) groups excluding carboxylic acids is 1. The van der Waals surface area contributed by atoms with E-state index < -0.39 is 27.9 Å². The first-order valence-electron chi connectivity index (χ1n) is 10.6. The maximum absolute atomic E-state index is 12.9. The van der Waals surface area contributed by atoms with Crippen molar-refractivity contribution in [3.63, 3.8) is 0 Å². The first-order valence-corrected chi connectivity index (χ1v) is 12.0. The summed E-state index contributed by atoms with van der Waals surface area (Å²) in [4.78, 5) is 32.6. The zero-order valence-corrected chi connectivity index (χ0v) is 18.4. The number of hydrogen-bond acceptors (Lipinski definition) is 6. The van der Waals surface area contributed by atoms with Gasteiger partial charge in [-0.3, -0.25) is 9.78 Å². The first-order chi connectivity index (χ1) is 15.4. The molecule has 1 N–H and O–H groups in total. The molecule has 2 aliphatic rings. The summed E-state index contributed by atoms with van der Waals surface area (Å²) in [6.45, 7) is 1.33. The van der Waals surface area contributed by atoms with E-state index in [1.807, 2.05) is 12.1 Å². The SMILES string of the molecule is O=C(O)C1CN(S(=O)(=O)c2ccccc2)CC(=O)N1CC1CCN(c2ccncc2)CC1. The van der Waals surface area contributed by atoms with Crippen LogP contribution < -0.4 is 4.90 Å². The molecule has 4 rings (SSSR count). The summed E-state index contributed by atoms with van der Waals surface area (Å²) in [5.74, 6) is -1.50. The van der Waals surface area contributed by atoms with E-state index in [2.05, 4.69) is 9.88 Å². The molecule has 2 aromatic rings. The summed E-state index contributed by atoms with van der Waals surface area (Å²) < 4.78 is 26.8. The third-order valence-corrected chi connectivity index (χ3v) is 7.97. The van der Waals surface area contributed by atoms with Gasteiger partial charge in [-0.1, -0.05) is 18.2 Å². The Hall–Kier alpha value is -2.98. The van der Waals surface area contributed by atoms with Gasteiger partial charge in [0.1, 0.15) is 6.04 Å². The Bertz CT molecular complexity index is 1060. The predicted octanol–water partition coefficient (Wildman–Crippen LogP) is 1.28. The highest BCUT2D eigenvalue weighted by atomic mass is 32.2. The number of piperidine rings is 1. The number of piperazine rings is 1. The average molecular weight is 459 g/mol. The molecule has 32 heavy (non-hydrogen) atoms. The van der Waals surface area contributed by atoms with Gasteiger partial charge in [0, 0.05) is 44.3 Å². The largest absolute Gasteiger partial charge is 0.480 e. The summed E-state index contributed by atoms with van der Waals surface area (Å²) in [6.07, 6.45) is 5.15. The number of hydrogen-bond donors (Lipinski definition) is 1. The molecule has 0 aliphatic carbocycles. The van der Waals surface area contributed by atoms with Crippen molar-refractivity contribution in [1.29, 1.82) is 0 Å². The van der Waals surface area contributed by atoms with Gasteiger partial charge in [0.25, 0.3) is 0 Å². The number of carboxylic acids is 1. The number of amides is 1. The third kappa shape index (κ3) is 4.61. The highest BCUT2D eigenvalue weighted by molar-refractivity contribution is 7.89. The first kappa shape index (κ1) is 22.2. The Morgan fingerprint density at radius 1 is 1.06 bits per heavy atom. The number of pyridine rings is 1. The van der Waals surface area contributed by atoms with Crippen LogP contribution in [0.4, 0.5) is 5.69 Å². The van der Waals surface area contributed by atoms with Crippen molar-refractivity contribution < 1.29 is 23.1 Å². The summed E-state index contributed by atoms with van der Waals surface area (Å²) in [6, 6.07) is 10.5. The van der Waals surface area contributed by atoms with Gasteiger partial charge >= 0.3 is 5.97 Å². The second kappa shape index (κ2) is 9.25. The molecular formula is C22H26N4O5S. The van der Waals surface area contributed by atoms with E-state index in [9.17, 15) is 23.1 Å². The number of anilines is 1. The van der Waals surface area contributed by atoms with Crippen LogP contribution in [0.1, 0.15) is 12.8 Å². The van der Waals surface area contributed by atoms with Crippen molar-refractivity contribution in [2.75, 3.05) is 37.6 Å². The van der Waals surface area contributed by atoms with E-state index in [0.29, 0.717) is 6.54 Å². The summed E-state index contributed by atoms with van der Waals surface area (Å²) in [7, 11) is -3.95. The summed E-state index contributed by atoms with van der Waals surface area (Å²) in [5.41, 5.74) is 1.10. The fraction of sp³-hybridized carbons (Fsp3) is 0.409. The molecule has 0 saturated carbocycles. The smallest absolute Gasteiger partial charge is 0.327 e. The van der Waals surface area contributed by atoms with Gasteiger partial charge in [-0.15, -0.1) is 0 Å². The minimum absolute atomic E-state index is 0.0499. The second-order valence-electron chi connectivity index (χ2n) is 8.15. The molecule has 1 amide bonds. The standard InChI is InChI=1S/C22H26N4O5S/c27-21-16-25(32(30,31)19-4-2-1-3-5-19)15-20(22(28)29)26(21)14-17-8-12-24(13-9-17)18-6-10-23-11-7-18/h1-7,10-11,17,20H,8-9,12-16H2,(H,28,29). The van der Waals surface area contributed by atoms with E-state index in [1.165, 1.54) is 17.0 Å². The zero-order valence-electron chi connectivity index (χ0n) is 17.6. The number of aromatic nitrogens is 1. The van der Waals surface area contributed by atoms with Crippen LogP contribution in [0.15, 0.2) is 59.8 Å². The molecule has 0 radical (unpaired) electrons. The van der Waals surface area contributed by atoms with Crippen LogP contribution in [0.3, 0.4) is 0 Å². The Balaban J connectivity index is 1.43. The Labute approximate surface area is 187 Å². The lowest BCUT2D eigenvalue weighted by Gasteiger charge is -2.41. The molecule has 9 nitrogen and oxygen atoms in total. The number of carboxylic acid groups (broad SMARTS) is 1. The van der Waals surface area contributed by atoms with Gasteiger partial charge in [-0.25, -0.2) is 13.2 Å². The van der Waals surface area contributed by atoms with Crippen molar-refractivity contribution in [1.82, 2.24) is 14.2 Å². The Kier molecular flexibility index (Phi) is 6.43. The highest BCUT2D eigenvalue weighted by Gasteiger charge is 2.42. The van der Waals surface area contributed by atoms with Crippen molar-refractivity contribution in [3.8, 4) is 0 Å². The molecule has 1 atom stereocenters. The molecule has 170 valence electrons. The van der Waals surface area contributed by atoms with E-state index in [1.54, 1.807) is 30.6 Å². The van der Waals surface area contributed by atoms with Gasteiger partial charge < -0.3 is 14.9 Å². The number of carbonyl (C=O) groups is 2. The van der Waals surface area contributed by atoms with Gasteiger partial charge in [0.05, 0.1) is 11.4 Å². The minimum atomic E-state index is -3.95. The van der Waals surface area contributed by atoms with Crippen molar-refractivity contribution in [2.45, 2.75) is 23.8 Å². The molecule has 0 bridgehead atoms. The molecular weight excluding hydrogens is 432 g/mol. The molecule has 0 spiro atoms. The molecule has 1 aromatic carbocycles. The number of aliphatic carboxylic acids is 1. The van der Waals surface area contributed by atoms with E-state index in [-0.39, 0.29) is 23.9 Å². The van der Waals surface area contributed by atoms with E-state index in [0.717, 1.165) is 35.9 Å². The Morgan fingerprint density at radius 3 is 2.34 bits per heavy atom. The number of nitrogens with zero attached hydrogens (tertiary/aromatic N) is 4. The van der Waals surface area contributed by atoms with Crippen LogP contribution in [0.25, 0.3) is 0 Å². The normalized spacial score (nSPS) is 21.0. The predicted molar refractivity (Wildman–Crippen MR) is 118 cm³/mol. The van der Waals surface area contributed by atoms with Crippen molar-refractivity contribution in [3.05, 3.63) is 54.9 Å². The van der Waals surface area contributed by atoms with Crippen LogP contribution in [0, 0.1) is 5.92 Å². The lowest BCUT2D eigenvalue weighted by atomic mass is 9.94. The molecule has 1 unspecified atom stereocenters. The van der Waals surface area contributed by atoms with Crippen molar-refractivity contribution in [2.24, 2.45) is 5.92 Å². The van der Waals surface area contributed by atoms with E-state index in [4.69, 9.17) is 0 Å². The zero-order chi connectivity index (χ0) is 22.7. The van der Waals surface area contributed by atoms with Crippen LogP contribution in [-0.2, 0) is 19.6 Å². The maximum atomic E-state index is 12.9. The maximum Gasteiger partial charge on any atom is 0.327 e. The van der Waals surface area contributed by atoms with Gasteiger partial charge in [-0.05, 0) is 43.0 Å². The van der Waals surface area contributed by atoms with Crippen LogP contribution in [-0.4, -0.2) is 78.4 Å². The lowest BCUT2D eigenvalue weighted by molar-refractivity contribution is -0.154. The topological polar surface area (TPSA) is 111 Å². The summed E-state index contributed by atoms with van der Waals surface area (Å²) in [5, 5.41) is 9.77. The fourth-order valence-corrected chi connectivity index (χ4v) is 5.76. The third-order valence-electron chi connectivity index (χ3n) is 6.15. The monoisotopic (exact) mass is 458 g/mol. The quantitative estimate of drug-likeness (QED) is 0.694. The molecule has 1 aromatic heterocycles.